The Balaban J connectivity index is 1.85. The predicted octanol–water partition coefficient (Wildman–Crippen LogP) is 2.95. The Labute approximate surface area is 136 Å². The van der Waals surface area contributed by atoms with Crippen LogP contribution in [0.4, 0.5) is 5.69 Å². The first-order valence-electron chi connectivity index (χ1n) is 7.38. The van der Waals surface area contributed by atoms with Crippen LogP contribution in [0, 0.1) is 6.92 Å². The minimum atomic E-state index is -0.404. The maximum Gasteiger partial charge on any atom is 0.262 e. The van der Waals surface area contributed by atoms with Crippen molar-refractivity contribution < 1.29 is 9.53 Å². The summed E-state index contributed by atoms with van der Waals surface area (Å²) in [6.45, 7) is 3.80. The summed E-state index contributed by atoms with van der Waals surface area (Å²) in [7, 11) is 1.62. The van der Waals surface area contributed by atoms with Crippen LogP contribution in [0.3, 0.4) is 0 Å². The number of aryl methyl sites for hydroxylation is 1. The van der Waals surface area contributed by atoms with E-state index in [1.807, 2.05) is 55.5 Å². The second-order valence-corrected chi connectivity index (χ2v) is 5.24. The van der Waals surface area contributed by atoms with E-state index < -0.39 is 6.04 Å². The van der Waals surface area contributed by atoms with Crippen LogP contribution in [-0.2, 0) is 4.79 Å². The number of anilines is 1. The molecule has 0 saturated heterocycles. The van der Waals surface area contributed by atoms with Crippen molar-refractivity contribution in [2.24, 2.45) is 5.10 Å². The van der Waals surface area contributed by atoms with E-state index in [4.69, 9.17) is 4.74 Å². The molecule has 120 valence electrons. The standard InChI is InChI=1S/C18H21N3O2/c1-13-4-6-15(7-5-13)12-19-21-18(22)14(2)20-16-8-10-17(23-3)11-9-16/h4-12,14,20H,1-3H3,(H,21,22)/b19-12-/t14-/m1/s1. The number of methoxy groups -OCH3 is 1. The molecule has 0 bridgehead atoms. The van der Waals surface area contributed by atoms with Crippen LogP contribution in [0.5, 0.6) is 5.75 Å². The summed E-state index contributed by atoms with van der Waals surface area (Å²) in [6, 6.07) is 14.9. The van der Waals surface area contributed by atoms with Crippen LogP contribution in [-0.4, -0.2) is 25.3 Å². The molecule has 0 heterocycles. The van der Waals surface area contributed by atoms with Gasteiger partial charge in [0, 0.05) is 5.69 Å². The third-order valence-corrected chi connectivity index (χ3v) is 3.33. The minimum absolute atomic E-state index is 0.204. The molecule has 2 aromatic carbocycles. The highest BCUT2D eigenvalue weighted by Gasteiger charge is 2.11. The lowest BCUT2D eigenvalue weighted by atomic mass is 10.2. The van der Waals surface area contributed by atoms with Crippen molar-refractivity contribution in [3.8, 4) is 5.75 Å². The molecule has 0 unspecified atom stereocenters. The highest BCUT2D eigenvalue weighted by Crippen LogP contribution is 2.15. The summed E-state index contributed by atoms with van der Waals surface area (Å²) in [4.78, 5) is 12.0. The zero-order valence-corrected chi connectivity index (χ0v) is 13.5. The lowest BCUT2D eigenvalue weighted by Crippen LogP contribution is -2.34. The Kier molecular flexibility index (Phi) is 5.74. The summed E-state index contributed by atoms with van der Waals surface area (Å²) in [5.41, 5.74) is 5.50. The average molecular weight is 311 g/mol. The molecule has 0 aliphatic carbocycles. The summed E-state index contributed by atoms with van der Waals surface area (Å²) in [5, 5.41) is 7.08. The number of carbonyl (C=O) groups is 1. The molecule has 0 saturated carbocycles. The van der Waals surface area contributed by atoms with Crippen molar-refractivity contribution >= 4 is 17.8 Å². The van der Waals surface area contributed by atoms with E-state index in [1.54, 1.807) is 20.2 Å². The maximum absolute atomic E-state index is 12.0. The molecular weight excluding hydrogens is 290 g/mol. The average Bonchev–Trinajstić information content (AvgIpc) is 2.57. The number of hydrogen-bond donors (Lipinski definition) is 2. The lowest BCUT2D eigenvalue weighted by molar-refractivity contribution is -0.121. The number of carbonyl (C=O) groups excluding carboxylic acids is 1. The van der Waals surface area contributed by atoms with Gasteiger partial charge in [-0.25, -0.2) is 5.43 Å². The Morgan fingerprint density at radius 3 is 2.39 bits per heavy atom. The molecule has 0 aliphatic heterocycles. The fourth-order valence-corrected chi connectivity index (χ4v) is 1.92. The summed E-state index contributed by atoms with van der Waals surface area (Å²) in [5.74, 6) is 0.569. The van der Waals surface area contributed by atoms with Gasteiger partial charge in [0.05, 0.1) is 13.3 Å². The van der Waals surface area contributed by atoms with Gasteiger partial charge in [-0.05, 0) is 43.7 Å². The van der Waals surface area contributed by atoms with Crippen LogP contribution in [0.15, 0.2) is 53.6 Å². The maximum atomic E-state index is 12.0. The fourth-order valence-electron chi connectivity index (χ4n) is 1.92. The molecule has 0 spiro atoms. The van der Waals surface area contributed by atoms with Gasteiger partial charge in [0.15, 0.2) is 0 Å². The van der Waals surface area contributed by atoms with Gasteiger partial charge in [0.1, 0.15) is 11.8 Å². The summed E-state index contributed by atoms with van der Waals surface area (Å²) < 4.78 is 5.10. The molecule has 1 atom stereocenters. The number of nitrogens with one attached hydrogen (secondary N) is 2. The zero-order chi connectivity index (χ0) is 16.7. The van der Waals surface area contributed by atoms with Crippen molar-refractivity contribution in [1.29, 1.82) is 0 Å². The van der Waals surface area contributed by atoms with Crippen LogP contribution >= 0.6 is 0 Å². The number of ether oxygens (including phenoxy) is 1. The van der Waals surface area contributed by atoms with E-state index in [-0.39, 0.29) is 5.91 Å². The molecule has 5 heteroatoms. The van der Waals surface area contributed by atoms with Gasteiger partial charge in [-0.3, -0.25) is 4.79 Å². The monoisotopic (exact) mass is 311 g/mol. The third kappa shape index (κ3) is 5.14. The Hall–Kier alpha value is -2.82. The number of rotatable bonds is 6. The zero-order valence-electron chi connectivity index (χ0n) is 13.5. The van der Waals surface area contributed by atoms with Gasteiger partial charge in [-0.15, -0.1) is 0 Å². The second-order valence-electron chi connectivity index (χ2n) is 5.24. The molecule has 1 amide bonds. The number of nitrogens with zero attached hydrogens (tertiary/aromatic N) is 1. The highest BCUT2D eigenvalue weighted by atomic mass is 16.5. The smallest absolute Gasteiger partial charge is 0.262 e. The van der Waals surface area contributed by atoms with Crippen molar-refractivity contribution in [3.63, 3.8) is 0 Å². The first-order chi connectivity index (χ1) is 11.1. The number of amides is 1. The predicted molar refractivity (Wildman–Crippen MR) is 93.0 cm³/mol. The van der Waals surface area contributed by atoms with Gasteiger partial charge < -0.3 is 10.1 Å². The molecule has 2 aromatic rings. The summed E-state index contributed by atoms with van der Waals surface area (Å²) >= 11 is 0. The van der Waals surface area contributed by atoms with E-state index in [2.05, 4.69) is 15.8 Å². The van der Waals surface area contributed by atoms with Crippen LogP contribution in [0.25, 0.3) is 0 Å². The van der Waals surface area contributed by atoms with Crippen molar-refractivity contribution in [1.82, 2.24) is 5.43 Å². The van der Waals surface area contributed by atoms with Crippen LogP contribution < -0.4 is 15.5 Å². The molecule has 2 N–H and O–H groups in total. The van der Waals surface area contributed by atoms with Crippen molar-refractivity contribution in [2.75, 3.05) is 12.4 Å². The van der Waals surface area contributed by atoms with Gasteiger partial charge >= 0.3 is 0 Å². The number of hydrogen-bond acceptors (Lipinski definition) is 4. The normalized spacial score (nSPS) is 12.0. The topological polar surface area (TPSA) is 62.7 Å². The van der Waals surface area contributed by atoms with Crippen molar-refractivity contribution in [3.05, 3.63) is 59.7 Å². The molecule has 5 nitrogen and oxygen atoms in total. The second kappa shape index (κ2) is 7.98. The van der Waals surface area contributed by atoms with Gasteiger partial charge in [0.2, 0.25) is 0 Å². The molecule has 0 aromatic heterocycles. The number of hydrazone groups is 1. The minimum Gasteiger partial charge on any atom is -0.497 e. The SMILES string of the molecule is COc1ccc(N[C@H](C)C(=O)N/N=C\c2ccc(C)cc2)cc1. The van der Waals surface area contributed by atoms with Crippen molar-refractivity contribution in [2.45, 2.75) is 19.9 Å². The van der Waals surface area contributed by atoms with Crippen LogP contribution in [0.1, 0.15) is 18.1 Å². The molecule has 2 rings (SSSR count). The van der Waals surface area contributed by atoms with Crippen LogP contribution in [0.2, 0.25) is 0 Å². The Morgan fingerprint density at radius 2 is 1.78 bits per heavy atom. The van der Waals surface area contributed by atoms with E-state index >= 15 is 0 Å². The Bertz CT molecular complexity index is 664. The molecule has 0 aliphatic rings. The largest absolute Gasteiger partial charge is 0.497 e. The van der Waals surface area contributed by atoms with Gasteiger partial charge in [0.25, 0.3) is 5.91 Å². The van der Waals surface area contributed by atoms with Gasteiger partial charge in [-0.1, -0.05) is 29.8 Å². The summed E-state index contributed by atoms with van der Waals surface area (Å²) in [6.07, 6.45) is 1.62. The van der Waals surface area contributed by atoms with E-state index in [1.165, 1.54) is 5.56 Å². The first kappa shape index (κ1) is 16.5. The quantitative estimate of drug-likeness (QED) is 0.637. The van der Waals surface area contributed by atoms with E-state index in [0.29, 0.717) is 0 Å². The molecule has 0 radical (unpaired) electrons. The highest BCUT2D eigenvalue weighted by molar-refractivity contribution is 5.86. The molecular formula is C18H21N3O2. The lowest BCUT2D eigenvalue weighted by Gasteiger charge is -2.13. The fraction of sp³-hybridized carbons (Fsp3) is 0.222. The van der Waals surface area contributed by atoms with Gasteiger partial charge in [-0.2, -0.15) is 5.10 Å². The van der Waals surface area contributed by atoms with E-state index in [0.717, 1.165) is 17.0 Å². The number of benzene rings is 2. The molecule has 23 heavy (non-hydrogen) atoms. The molecule has 0 fully saturated rings. The Morgan fingerprint density at radius 1 is 1.13 bits per heavy atom. The third-order valence-electron chi connectivity index (χ3n) is 3.33. The first-order valence-corrected chi connectivity index (χ1v) is 7.38. The van der Waals surface area contributed by atoms with E-state index in [9.17, 15) is 4.79 Å².